The lowest BCUT2D eigenvalue weighted by Crippen LogP contribution is -2.43. The van der Waals surface area contributed by atoms with E-state index in [1.54, 1.807) is 18.2 Å². The van der Waals surface area contributed by atoms with Gasteiger partial charge in [-0.25, -0.2) is 8.42 Å². The molecule has 0 aromatic heterocycles. The highest BCUT2D eigenvalue weighted by Gasteiger charge is 2.33. The molecule has 2 aliphatic heterocycles. The molecule has 1 fully saturated rings. The molecule has 2 aromatic carbocycles. The van der Waals surface area contributed by atoms with Gasteiger partial charge < -0.3 is 14.8 Å². The molecular formula is C23H27ClN2O5S. The van der Waals surface area contributed by atoms with Crippen LogP contribution in [0, 0.1) is 5.92 Å². The molecule has 0 unspecified atom stereocenters. The fraction of sp³-hybridized carbons (Fsp3) is 0.435. The normalized spacial score (nSPS) is 18.6. The summed E-state index contributed by atoms with van der Waals surface area (Å²) in [6.07, 6.45) is 1.69. The number of fused-ring (bicyclic) bond motifs is 1. The van der Waals surface area contributed by atoms with Gasteiger partial charge in [-0.2, -0.15) is 4.31 Å². The van der Waals surface area contributed by atoms with Crippen molar-refractivity contribution in [3.8, 4) is 11.5 Å². The summed E-state index contributed by atoms with van der Waals surface area (Å²) in [5.41, 5.74) is 0.931. The zero-order valence-corrected chi connectivity index (χ0v) is 19.5. The summed E-state index contributed by atoms with van der Waals surface area (Å²) in [7, 11) is -3.68. The molecule has 172 valence electrons. The van der Waals surface area contributed by atoms with Crippen molar-refractivity contribution in [1.82, 2.24) is 9.62 Å². The van der Waals surface area contributed by atoms with Gasteiger partial charge >= 0.3 is 0 Å². The van der Waals surface area contributed by atoms with Gasteiger partial charge in [0.05, 0.1) is 24.2 Å². The maximum Gasteiger partial charge on any atom is 0.243 e. The standard InChI is InChI=1S/C23H27ClN2O5S/c1-16(18-4-2-5-19(24)14-18)25-23(27)17-8-10-26(11-9-17)32(28,29)20-6-7-21-22(15-20)31-13-3-12-30-21/h2,4-7,14-17H,3,8-13H2,1H3,(H,25,27)/t16-/m1/s1. The Hall–Kier alpha value is -2.29. The van der Waals surface area contributed by atoms with Gasteiger partial charge in [-0.05, 0) is 49.6 Å². The van der Waals surface area contributed by atoms with Crippen molar-refractivity contribution in [3.05, 3.63) is 53.1 Å². The number of sulfonamides is 1. The van der Waals surface area contributed by atoms with Gasteiger partial charge in [-0.1, -0.05) is 23.7 Å². The Labute approximate surface area is 193 Å². The Bertz CT molecular complexity index is 1080. The molecule has 0 aliphatic carbocycles. The fourth-order valence-corrected chi connectivity index (χ4v) is 5.69. The molecule has 1 saturated heterocycles. The number of hydrogen-bond donors (Lipinski definition) is 1. The predicted octanol–water partition coefficient (Wildman–Crippen LogP) is 3.78. The van der Waals surface area contributed by atoms with Crippen LogP contribution in [0.15, 0.2) is 47.4 Å². The first-order valence-corrected chi connectivity index (χ1v) is 12.6. The Balaban J connectivity index is 1.37. The van der Waals surface area contributed by atoms with Gasteiger partial charge in [-0.3, -0.25) is 4.79 Å². The number of hydrogen-bond acceptors (Lipinski definition) is 5. The summed E-state index contributed by atoms with van der Waals surface area (Å²) < 4.78 is 39.0. The van der Waals surface area contributed by atoms with E-state index in [1.807, 2.05) is 25.1 Å². The third-order valence-electron chi connectivity index (χ3n) is 5.89. The molecule has 4 rings (SSSR count). The summed E-state index contributed by atoms with van der Waals surface area (Å²) in [6.45, 7) is 3.53. The number of nitrogens with zero attached hydrogens (tertiary/aromatic N) is 1. The number of amides is 1. The van der Waals surface area contributed by atoms with Crippen LogP contribution in [0.3, 0.4) is 0 Å². The third-order valence-corrected chi connectivity index (χ3v) is 8.02. The number of piperidine rings is 1. The third kappa shape index (κ3) is 5.03. The van der Waals surface area contributed by atoms with Crippen molar-refractivity contribution >= 4 is 27.5 Å². The number of carbonyl (C=O) groups excluding carboxylic acids is 1. The molecule has 1 amide bonds. The van der Waals surface area contributed by atoms with Crippen LogP contribution >= 0.6 is 11.6 Å². The number of ether oxygens (including phenoxy) is 2. The predicted molar refractivity (Wildman–Crippen MR) is 122 cm³/mol. The largest absolute Gasteiger partial charge is 0.490 e. The maximum atomic E-state index is 13.1. The van der Waals surface area contributed by atoms with Gasteiger partial charge in [0.1, 0.15) is 0 Å². The van der Waals surface area contributed by atoms with Crippen LogP contribution in [0.2, 0.25) is 5.02 Å². The fourth-order valence-electron chi connectivity index (χ4n) is 4.00. The molecule has 0 bridgehead atoms. The highest BCUT2D eigenvalue weighted by molar-refractivity contribution is 7.89. The quantitative estimate of drug-likeness (QED) is 0.706. The van der Waals surface area contributed by atoms with Gasteiger partial charge in [0.15, 0.2) is 11.5 Å². The molecule has 9 heteroatoms. The molecule has 2 heterocycles. The van der Waals surface area contributed by atoms with Crippen molar-refractivity contribution in [3.63, 3.8) is 0 Å². The lowest BCUT2D eigenvalue weighted by Gasteiger charge is -2.31. The smallest absolute Gasteiger partial charge is 0.243 e. The van der Waals surface area contributed by atoms with Crippen LogP contribution in [-0.2, 0) is 14.8 Å². The number of nitrogens with one attached hydrogen (secondary N) is 1. The molecule has 0 radical (unpaired) electrons. The van der Waals surface area contributed by atoms with Crippen molar-refractivity contribution in [2.75, 3.05) is 26.3 Å². The molecule has 0 spiro atoms. The highest BCUT2D eigenvalue weighted by atomic mass is 35.5. The van der Waals surface area contributed by atoms with Gasteiger partial charge in [-0.15, -0.1) is 0 Å². The number of rotatable bonds is 5. The van der Waals surface area contributed by atoms with Crippen LogP contribution in [0.1, 0.15) is 37.8 Å². The van der Waals surface area contributed by atoms with E-state index in [2.05, 4.69) is 5.32 Å². The Morgan fingerprint density at radius 3 is 2.53 bits per heavy atom. The minimum Gasteiger partial charge on any atom is -0.490 e. The van der Waals surface area contributed by atoms with Crippen molar-refractivity contribution < 1.29 is 22.7 Å². The summed E-state index contributed by atoms with van der Waals surface area (Å²) in [4.78, 5) is 12.9. The summed E-state index contributed by atoms with van der Waals surface area (Å²) >= 11 is 6.04. The second-order valence-corrected chi connectivity index (χ2v) is 10.5. The number of halogens is 1. The minimum absolute atomic E-state index is 0.0647. The van der Waals surface area contributed by atoms with Crippen LogP contribution in [0.4, 0.5) is 0 Å². The molecule has 1 N–H and O–H groups in total. The Morgan fingerprint density at radius 2 is 1.81 bits per heavy atom. The first-order valence-electron chi connectivity index (χ1n) is 10.8. The molecule has 1 atom stereocenters. The molecule has 2 aliphatic rings. The lowest BCUT2D eigenvalue weighted by atomic mass is 9.96. The van der Waals surface area contributed by atoms with Gasteiger partial charge in [0, 0.05) is 36.5 Å². The van der Waals surface area contributed by atoms with Crippen LogP contribution in [-0.4, -0.2) is 44.9 Å². The van der Waals surface area contributed by atoms with E-state index in [0.29, 0.717) is 55.7 Å². The van der Waals surface area contributed by atoms with E-state index >= 15 is 0 Å². The average Bonchev–Trinajstić information content (AvgIpc) is 3.04. The zero-order chi connectivity index (χ0) is 22.7. The SMILES string of the molecule is C[C@@H](NC(=O)C1CCN(S(=O)(=O)c2ccc3c(c2)OCCCO3)CC1)c1cccc(Cl)c1. The van der Waals surface area contributed by atoms with Crippen molar-refractivity contribution in [1.29, 1.82) is 0 Å². The topological polar surface area (TPSA) is 84.9 Å². The molecule has 32 heavy (non-hydrogen) atoms. The second-order valence-electron chi connectivity index (χ2n) is 8.12. The van der Waals surface area contributed by atoms with Crippen LogP contribution in [0.5, 0.6) is 11.5 Å². The minimum atomic E-state index is -3.68. The maximum absolute atomic E-state index is 13.1. The van der Waals surface area contributed by atoms with Crippen LogP contribution in [0.25, 0.3) is 0 Å². The summed E-state index contributed by atoms with van der Waals surface area (Å²) in [6, 6.07) is 11.9. The van der Waals surface area contributed by atoms with E-state index in [4.69, 9.17) is 21.1 Å². The number of benzene rings is 2. The van der Waals surface area contributed by atoms with E-state index in [0.717, 1.165) is 12.0 Å². The van der Waals surface area contributed by atoms with E-state index in [1.165, 1.54) is 10.4 Å². The van der Waals surface area contributed by atoms with E-state index in [-0.39, 0.29) is 22.8 Å². The van der Waals surface area contributed by atoms with Crippen LogP contribution < -0.4 is 14.8 Å². The zero-order valence-electron chi connectivity index (χ0n) is 17.9. The van der Waals surface area contributed by atoms with Gasteiger partial charge in [0.2, 0.25) is 15.9 Å². The first-order chi connectivity index (χ1) is 15.3. The molecule has 7 nitrogen and oxygen atoms in total. The lowest BCUT2D eigenvalue weighted by molar-refractivity contribution is -0.126. The second kappa shape index (κ2) is 9.68. The molecule has 2 aromatic rings. The average molecular weight is 479 g/mol. The summed E-state index contributed by atoms with van der Waals surface area (Å²) in [5.74, 6) is 0.718. The van der Waals surface area contributed by atoms with E-state index in [9.17, 15) is 13.2 Å². The Kier molecular flexibility index (Phi) is 6.93. The van der Waals surface area contributed by atoms with E-state index < -0.39 is 10.0 Å². The molecular weight excluding hydrogens is 452 g/mol. The molecule has 0 saturated carbocycles. The number of carbonyl (C=O) groups is 1. The Morgan fingerprint density at radius 1 is 1.09 bits per heavy atom. The monoisotopic (exact) mass is 478 g/mol. The van der Waals surface area contributed by atoms with Gasteiger partial charge in [0.25, 0.3) is 0 Å². The highest BCUT2D eigenvalue weighted by Crippen LogP contribution is 2.34. The summed E-state index contributed by atoms with van der Waals surface area (Å²) in [5, 5.41) is 3.64. The van der Waals surface area contributed by atoms with Crippen molar-refractivity contribution in [2.24, 2.45) is 5.92 Å². The first kappa shape index (κ1) is 22.9. The van der Waals surface area contributed by atoms with Crippen molar-refractivity contribution in [2.45, 2.75) is 37.1 Å².